The van der Waals surface area contributed by atoms with Gasteiger partial charge in [-0.05, 0) is 43.0 Å². The van der Waals surface area contributed by atoms with E-state index in [-0.39, 0.29) is 0 Å². The summed E-state index contributed by atoms with van der Waals surface area (Å²) >= 11 is 0. The van der Waals surface area contributed by atoms with Gasteiger partial charge in [-0.3, -0.25) is 4.98 Å². The Morgan fingerprint density at radius 1 is 1.00 bits per heavy atom. The van der Waals surface area contributed by atoms with Gasteiger partial charge in [0, 0.05) is 45.3 Å². The predicted octanol–water partition coefficient (Wildman–Crippen LogP) is 2.93. The quantitative estimate of drug-likeness (QED) is 0.849. The summed E-state index contributed by atoms with van der Waals surface area (Å²) in [6, 6.07) is 6.13. The first-order valence-corrected chi connectivity index (χ1v) is 8.51. The maximum absolute atomic E-state index is 4.78. The number of hydrogen-bond donors (Lipinski definition) is 0. The predicted molar refractivity (Wildman–Crippen MR) is 93.9 cm³/mol. The first kappa shape index (κ1) is 15.7. The van der Waals surface area contributed by atoms with Crippen LogP contribution in [-0.4, -0.2) is 41.6 Å². The Bertz CT molecular complexity index is 593. The maximum atomic E-state index is 4.78. The zero-order valence-corrected chi connectivity index (χ0v) is 13.9. The van der Waals surface area contributed by atoms with Crippen LogP contribution in [0.2, 0.25) is 0 Å². The van der Waals surface area contributed by atoms with Crippen molar-refractivity contribution < 1.29 is 0 Å². The van der Waals surface area contributed by atoms with Crippen LogP contribution >= 0.6 is 0 Å². The number of nitrogens with zero attached hydrogens (tertiary/aromatic N) is 5. The number of aromatic nitrogens is 3. The number of hydrogen-bond acceptors (Lipinski definition) is 5. The highest BCUT2D eigenvalue weighted by molar-refractivity contribution is 5.43. The van der Waals surface area contributed by atoms with E-state index >= 15 is 0 Å². The maximum Gasteiger partial charge on any atom is 0.227 e. The van der Waals surface area contributed by atoms with E-state index in [1.807, 2.05) is 24.7 Å². The minimum atomic E-state index is 0.875. The fourth-order valence-corrected chi connectivity index (χ4v) is 2.94. The molecule has 3 rings (SSSR count). The highest BCUT2D eigenvalue weighted by Crippen LogP contribution is 2.18. The summed E-state index contributed by atoms with van der Waals surface area (Å²) in [4.78, 5) is 17.9. The lowest BCUT2D eigenvalue weighted by atomic mass is 10.2. The number of anilines is 2. The van der Waals surface area contributed by atoms with E-state index < -0.39 is 0 Å². The second-order valence-corrected chi connectivity index (χ2v) is 6.14. The number of pyridine rings is 1. The van der Waals surface area contributed by atoms with E-state index in [2.05, 4.69) is 38.9 Å². The minimum Gasteiger partial charge on any atom is -0.359 e. The van der Waals surface area contributed by atoms with E-state index in [0.29, 0.717) is 0 Å². The van der Waals surface area contributed by atoms with E-state index in [4.69, 9.17) is 4.98 Å². The largest absolute Gasteiger partial charge is 0.359 e. The van der Waals surface area contributed by atoms with Crippen molar-refractivity contribution in [3.63, 3.8) is 0 Å². The molecular weight excluding hydrogens is 286 g/mol. The monoisotopic (exact) mass is 311 g/mol. The Balaban J connectivity index is 1.63. The smallest absolute Gasteiger partial charge is 0.227 e. The van der Waals surface area contributed by atoms with Gasteiger partial charge in [0.1, 0.15) is 5.82 Å². The molecule has 0 radical (unpaired) electrons. The van der Waals surface area contributed by atoms with Gasteiger partial charge in [0.15, 0.2) is 0 Å². The van der Waals surface area contributed by atoms with Crippen LogP contribution in [0.15, 0.2) is 36.8 Å². The van der Waals surface area contributed by atoms with E-state index in [1.165, 1.54) is 31.2 Å². The second kappa shape index (κ2) is 7.90. The molecule has 0 spiro atoms. The highest BCUT2D eigenvalue weighted by Gasteiger charge is 2.13. The standard InChI is InChI=1S/C18H25N5/c1-22(15-9-16-6-10-19-11-7-16)17-8-12-20-18(21-17)23-13-4-2-3-5-14-23/h6-8,10-12H,2-5,9,13-15H2,1H3. The van der Waals surface area contributed by atoms with Gasteiger partial charge in [-0.15, -0.1) is 0 Å². The van der Waals surface area contributed by atoms with Crippen LogP contribution in [0.4, 0.5) is 11.8 Å². The molecule has 5 heteroatoms. The molecule has 3 heterocycles. The Labute approximate surface area is 138 Å². The van der Waals surface area contributed by atoms with Gasteiger partial charge in [-0.25, -0.2) is 4.98 Å². The molecule has 0 N–H and O–H groups in total. The molecule has 1 aliphatic rings. The third-order valence-electron chi connectivity index (χ3n) is 4.39. The lowest BCUT2D eigenvalue weighted by molar-refractivity contribution is 0.726. The molecule has 2 aromatic rings. The van der Waals surface area contributed by atoms with Crippen LogP contribution in [0.5, 0.6) is 0 Å². The summed E-state index contributed by atoms with van der Waals surface area (Å²) in [7, 11) is 2.09. The van der Waals surface area contributed by atoms with Gasteiger partial charge in [0.2, 0.25) is 5.95 Å². The van der Waals surface area contributed by atoms with Crippen LogP contribution < -0.4 is 9.80 Å². The molecule has 23 heavy (non-hydrogen) atoms. The van der Waals surface area contributed by atoms with Crippen LogP contribution in [0.1, 0.15) is 31.2 Å². The molecule has 0 bridgehead atoms. The summed E-state index contributed by atoms with van der Waals surface area (Å²) in [6.45, 7) is 3.08. The summed E-state index contributed by atoms with van der Waals surface area (Å²) in [6.07, 6.45) is 11.7. The summed E-state index contributed by atoms with van der Waals surface area (Å²) in [5, 5.41) is 0. The van der Waals surface area contributed by atoms with Crippen LogP contribution in [-0.2, 0) is 6.42 Å². The third kappa shape index (κ3) is 4.41. The number of rotatable bonds is 5. The van der Waals surface area contributed by atoms with E-state index in [0.717, 1.165) is 37.8 Å². The lowest BCUT2D eigenvalue weighted by Gasteiger charge is -2.23. The molecular formula is C18H25N5. The Kier molecular flexibility index (Phi) is 5.40. The Hall–Kier alpha value is -2.17. The van der Waals surface area contributed by atoms with Gasteiger partial charge in [0.25, 0.3) is 0 Å². The molecule has 122 valence electrons. The normalized spacial score (nSPS) is 15.3. The average Bonchev–Trinajstić information content (AvgIpc) is 2.90. The SMILES string of the molecule is CN(CCc1ccncc1)c1ccnc(N2CCCCCC2)n1. The molecule has 1 fully saturated rings. The second-order valence-electron chi connectivity index (χ2n) is 6.14. The van der Waals surface area contributed by atoms with Crippen molar-refractivity contribution in [2.45, 2.75) is 32.1 Å². The Morgan fingerprint density at radius 2 is 1.74 bits per heavy atom. The topological polar surface area (TPSA) is 45.2 Å². The van der Waals surface area contributed by atoms with Crippen molar-refractivity contribution in [1.82, 2.24) is 15.0 Å². The first-order chi connectivity index (χ1) is 11.3. The van der Waals surface area contributed by atoms with Gasteiger partial charge in [-0.1, -0.05) is 12.8 Å². The van der Waals surface area contributed by atoms with Crippen molar-refractivity contribution in [2.75, 3.05) is 36.5 Å². The molecule has 0 aliphatic carbocycles. The lowest BCUT2D eigenvalue weighted by Crippen LogP contribution is -2.27. The van der Waals surface area contributed by atoms with Gasteiger partial charge >= 0.3 is 0 Å². The van der Waals surface area contributed by atoms with Crippen molar-refractivity contribution in [3.8, 4) is 0 Å². The average molecular weight is 311 g/mol. The molecule has 1 saturated heterocycles. The molecule has 2 aromatic heterocycles. The van der Waals surface area contributed by atoms with Gasteiger partial charge < -0.3 is 9.80 Å². The van der Waals surface area contributed by atoms with Crippen molar-refractivity contribution in [2.24, 2.45) is 0 Å². The van der Waals surface area contributed by atoms with Crippen LogP contribution in [0.3, 0.4) is 0 Å². The Morgan fingerprint density at radius 3 is 2.48 bits per heavy atom. The third-order valence-corrected chi connectivity index (χ3v) is 4.39. The number of likely N-dealkylation sites (N-methyl/N-ethyl adjacent to an activating group) is 1. The van der Waals surface area contributed by atoms with E-state index in [1.54, 1.807) is 0 Å². The zero-order chi connectivity index (χ0) is 15.9. The fourth-order valence-electron chi connectivity index (χ4n) is 2.94. The summed E-state index contributed by atoms with van der Waals surface area (Å²) in [5.41, 5.74) is 1.30. The molecule has 0 atom stereocenters. The van der Waals surface area contributed by atoms with E-state index in [9.17, 15) is 0 Å². The molecule has 0 saturated carbocycles. The van der Waals surface area contributed by atoms with Crippen molar-refractivity contribution >= 4 is 11.8 Å². The van der Waals surface area contributed by atoms with Gasteiger partial charge in [0.05, 0.1) is 0 Å². The molecule has 0 unspecified atom stereocenters. The molecule has 0 amide bonds. The van der Waals surface area contributed by atoms with Crippen molar-refractivity contribution in [3.05, 3.63) is 42.4 Å². The highest BCUT2D eigenvalue weighted by atomic mass is 15.3. The minimum absolute atomic E-state index is 0.875. The molecule has 5 nitrogen and oxygen atoms in total. The summed E-state index contributed by atoms with van der Waals surface area (Å²) in [5.74, 6) is 1.87. The molecule has 0 aromatic carbocycles. The first-order valence-electron chi connectivity index (χ1n) is 8.51. The van der Waals surface area contributed by atoms with Crippen molar-refractivity contribution in [1.29, 1.82) is 0 Å². The summed E-state index contributed by atoms with van der Waals surface area (Å²) < 4.78 is 0. The van der Waals surface area contributed by atoms with Crippen LogP contribution in [0.25, 0.3) is 0 Å². The zero-order valence-electron chi connectivity index (χ0n) is 13.9. The fraction of sp³-hybridized carbons (Fsp3) is 0.500. The van der Waals surface area contributed by atoms with Crippen LogP contribution in [0, 0.1) is 0 Å². The molecule has 1 aliphatic heterocycles. The van der Waals surface area contributed by atoms with Gasteiger partial charge in [-0.2, -0.15) is 4.98 Å².